The molecule has 1 N–H and O–H groups in total. The van der Waals surface area contributed by atoms with E-state index in [-0.39, 0.29) is 18.2 Å². The molecule has 0 fully saturated rings. The zero-order chi connectivity index (χ0) is 12.4. The van der Waals surface area contributed by atoms with Gasteiger partial charge in [0.25, 0.3) is 0 Å². The normalized spacial score (nSPS) is 11.3. The van der Waals surface area contributed by atoms with Crippen molar-refractivity contribution in [1.29, 1.82) is 0 Å². The van der Waals surface area contributed by atoms with E-state index in [1.165, 1.54) is 16.4 Å². The second-order valence-electron chi connectivity index (χ2n) is 3.80. The smallest absolute Gasteiger partial charge is 0.337 e. The zero-order valence-electron chi connectivity index (χ0n) is 9.80. The van der Waals surface area contributed by atoms with Gasteiger partial charge in [-0.1, -0.05) is 30.8 Å². The lowest BCUT2D eigenvalue weighted by atomic mass is 10.2. The largest absolute Gasteiger partial charge is 0.344 e. The topological polar surface area (TPSA) is 89.6 Å². The second-order valence-corrected chi connectivity index (χ2v) is 4.59. The number of aromatic nitrogens is 5. The third kappa shape index (κ3) is 2.57. The molecule has 0 atom stereocenters. The van der Waals surface area contributed by atoms with Gasteiger partial charge in [0.1, 0.15) is 6.54 Å². The van der Waals surface area contributed by atoms with Gasteiger partial charge in [-0.15, -0.1) is 5.10 Å². The van der Waals surface area contributed by atoms with Gasteiger partial charge < -0.3 is 4.52 Å². The Morgan fingerprint density at radius 2 is 2.29 bits per heavy atom. The van der Waals surface area contributed by atoms with Crippen LogP contribution >= 0.6 is 11.8 Å². The van der Waals surface area contributed by atoms with Crippen molar-refractivity contribution in [3.05, 3.63) is 22.2 Å². The molecule has 0 unspecified atom stereocenters. The zero-order valence-corrected chi connectivity index (χ0v) is 10.6. The first-order chi connectivity index (χ1) is 8.10. The van der Waals surface area contributed by atoms with Crippen LogP contribution in [0.4, 0.5) is 0 Å². The molecule has 17 heavy (non-hydrogen) atoms. The lowest BCUT2D eigenvalue weighted by Gasteiger charge is -1.93. The van der Waals surface area contributed by atoms with Crippen LogP contribution < -0.4 is 5.69 Å². The van der Waals surface area contributed by atoms with E-state index in [4.69, 9.17) is 4.52 Å². The Bertz CT molecular complexity index is 556. The molecule has 0 saturated carbocycles. The molecule has 2 aromatic heterocycles. The van der Waals surface area contributed by atoms with Crippen molar-refractivity contribution in [2.45, 2.75) is 31.5 Å². The Morgan fingerprint density at radius 3 is 2.82 bits per heavy atom. The van der Waals surface area contributed by atoms with Gasteiger partial charge in [0.05, 0.1) is 0 Å². The molecular formula is C9H13N5O2S. The molecule has 0 aliphatic heterocycles. The van der Waals surface area contributed by atoms with Crippen LogP contribution in [-0.4, -0.2) is 31.2 Å². The van der Waals surface area contributed by atoms with Gasteiger partial charge in [0, 0.05) is 5.92 Å². The first-order valence-electron chi connectivity index (χ1n) is 5.13. The van der Waals surface area contributed by atoms with Gasteiger partial charge in [0.15, 0.2) is 11.0 Å². The van der Waals surface area contributed by atoms with Crippen molar-refractivity contribution in [1.82, 2.24) is 24.9 Å². The fraction of sp³-hybridized carbons (Fsp3) is 0.556. The van der Waals surface area contributed by atoms with Crippen LogP contribution in [0.25, 0.3) is 0 Å². The third-order valence-corrected chi connectivity index (χ3v) is 2.71. The average molecular weight is 255 g/mol. The lowest BCUT2D eigenvalue weighted by Crippen LogP contribution is -2.18. The molecule has 2 aromatic rings. The number of nitrogens with one attached hydrogen (secondary N) is 1. The maximum absolute atomic E-state index is 11.5. The van der Waals surface area contributed by atoms with Crippen LogP contribution in [0.5, 0.6) is 0 Å². The van der Waals surface area contributed by atoms with E-state index in [0.29, 0.717) is 16.9 Å². The number of hydrogen-bond donors (Lipinski definition) is 1. The van der Waals surface area contributed by atoms with E-state index >= 15 is 0 Å². The highest BCUT2D eigenvalue weighted by molar-refractivity contribution is 7.98. The first kappa shape index (κ1) is 11.9. The predicted octanol–water partition coefficient (Wildman–Crippen LogP) is 0.848. The molecule has 0 saturated heterocycles. The molecule has 0 aliphatic carbocycles. The number of thioether (sulfide) groups is 1. The minimum absolute atomic E-state index is 0.190. The number of hydrogen-bond acceptors (Lipinski definition) is 6. The van der Waals surface area contributed by atoms with Gasteiger partial charge in [0.2, 0.25) is 5.89 Å². The van der Waals surface area contributed by atoms with Crippen molar-refractivity contribution < 1.29 is 4.52 Å². The molecule has 0 amide bonds. The average Bonchev–Trinajstić information content (AvgIpc) is 2.87. The summed E-state index contributed by atoms with van der Waals surface area (Å²) < 4.78 is 6.31. The van der Waals surface area contributed by atoms with Gasteiger partial charge in [-0.2, -0.15) is 4.98 Å². The lowest BCUT2D eigenvalue weighted by molar-refractivity contribution is 0.357. The monoisotopic (exact) mass is 255 g/mol. The molecule has 8 heteroatoms. The van der Waals surface area contributed by atoms with E-state index in [9.17, 15) is 4.79 Å². The molecule has 0 aromatic carbocycles. The predicted molar refractivity (Wildman–Crippen MR) is 62.1 cm³/mol. The van der Waals surface area contributed by atoms with Gasteiger partial charge in [-0.25, -0.2) is 9.48 Å². The summed E-state index contributed by atoms with van der Waals surface area (Å²) in [6, 6.07) is 0. The Balaban J connectivity index is 2.19. The minimum atomic E-state index is -0.279. The summed E-state index contributed by atoms with van der Waals surface area (Å²) in [5.74, 6) is 1.22. The summed E-state index contributed by atoms with van der Waals surface area (Å²) >= 11 is 1.37. The molecule has 0 bridgehead atoms. The van der Waals surface area contributed by atoms with E-state index in [1.807, 2.05) is 20.1 Å². The van der Waals surface area contributed by atoms with Gasteiger partial charge in [-0.3, -0.25) is 4.98 Å². The maximum Gasteiger partial charge on any atom is 0.344 e. The molecule has 92 valence electrons. The highest BCUT2D eigenvalue weighted by atomic mass is 32.2. The van der Waals surface area contributed by atoms with Crippen molar-refractivity contribution >= 4 is 11.8 Å². The van der Waals surface area contributed by atoms with Crippen molar-refractivity contribution in [2.24, 2.45) is 0 Å². The van der Waals surface area contributed by atoms with Crippen LogP contribution in [0.15, 0.2) is 14.5 Å². The first-order valence-corrected chi connectivity index (χ1v) is 6.36. The van der Waals surface area contributed by atoms with E-state index in [2.05, 4.69) is 20.2 Å². The molecule has 2 heterocycles. The van der Waals surface area contributed by atoms with Crippen LogP contribution in [-0.2, 0) is 6.54 Å². The molecule has 0 aliphatic rings. The second kappa shape index (κ2) is 4.74. The highest BCUT2D eigenvalue weighted by Crippen LogP contribution is 2.10. The van der Waals surface area contributed by atoms with E-state index in [0.717, 1.165) is 0 Å². The highest BCUT2D eigenvalue weighted by Gasteiger charge is 2.12. The summed E-state index contributed by atoms with van der Waals surface area (Å²) in [7, 11) is 0. The Labute approximate surface area is 102 Å². The third-order valence-electron chi connectivity index (χ3n) is 2.14. The molecule has 0 radical (unpaired) electrons. The number of nitrogens with zero attached hydrogens (tertiary/aromatic N) is 4. The van der Waals surface area contributed by atoms with Crippen LogP contribution in [0.3, 0.4) is 0 Å². The van der Waals surface area contributed by atoms with Crippen molar-refractivity contribution in [3.8, 4) is 0 Å². The van der Waals surface area contributed by atoms with E-state index < -0.39 is 0 Å². The Morgan fingerprint density at radius 1 is 1.53 bits per heavy atom. The Hall–Kier alpha value is -1.57. The summed E-state index contributed by atoms with van der Waals surface area (Å²) in [6.45, 7) is 4.14. The molecular weight excluding hydrogens is 242 g/mol. The van der Waals surface area contributed by atoms with Gasteiger partial charge >= 0.3 is 5.69 Å². The van der Waals surface area contributed by atoms with Crippen LogP contribution in [0.2, 0.25) is 0 Å². The maximum atomic E-state index is 11.5. The van der Waals surface area contributed by atoms with Crippen molar-refractivity contribution in [3.63, 3.8) is 0 Å². The number of aromatic amines is 1. The standard InChI is InChI=1S/C9H13N5O2S/c1-5(2)7-10-6(16-13-7)4-14-9(15)11-8(12-14)17-3/h5H,4H2,1-3H3,(H,11,12,15). The molecule has 7 nitrogen and oxygen atoms in total. The van der Waals surface area contributed by atoms with Crippen LogP contribution in [0, 0.1) is 0 Å². The van der Waals surface area contributed by atoms with Crippen LogP contribution in [0.1, 0.15) is 31.5 Å². The number of H-pyrrole nitrogens is 1. The minimum Gasteiger partial charge on any atom is -0.337 e. The SMILES string of the molecule is CSc1nn(Cc2nc(C(C)C)no2)c(=O)[nH]1. The number of rotatable bonds is 4. The van der Waals surface area contributed by atoms with Crippen molar-refractivity contribution in [2.75, 3.05) is 6.26 Å². The summed E-state index contributed by atoms with van der Waals surface area (Å²) in [4.78, 5) is 18.3. The fourth-order valence-electron chi connectivity index (χ4n) is 1.23. The Kier molecular flexibility index (Phi) is 3.32. The molecule has 0 spiro atoms. The summed E-state index contributed by atoms with van der Waals surface area (Å²) in [6.07, 6.45) is 1.84. The quantitative estimate of drug-likeness (QED) is 0.814. The van der Waals surface area contributed by atoms with E-state index in [1.54, 1.807) is 0 Å². The van der Waals surface area contributed by atoms with Gasteiger partial charge in [-0.05, 0) is 6.26 Å². The fourth-order valence-corrected chi connectivity index (χ4v) is 1.60. The summed E-state index contributed by atoms with van der Waals surface area (Å²) in [5.41, 5.74) is -0.279. The molecule has 2 rings (SSSR count). The summed E-state index contributed by atoms with van der Waals surface area (Å²) in [5, 5.41) is 8.45.